The summed E-state index contributed by atoms with van der Waals surface area (Å²) >= 11 is 0. The topological polar surface area (TPSA) is 6.48 Å². The molecule has 0 bridgehead atoms. The first-order valence-corrected chi connectivity index (χ1v) is 22.1. The predicted octanol–water partition coefficient (Wildman–Crippen LogP) is 17.3. The molecule has 0 heterocycles. The summed E-state index contributed by atoms with van der Waals surface area (Å²) in [5.41, 5.74) is 19.4. The van der Waals surface area contributed by atoms with Crippen LogP contribution in [0.15, 0.2) is 231 Å². The third kappa shape index (κ3) is 8.46. The zero-order valence-corrected chi connectivity index (χ0v) is 35.1. The maximum atomic E-state index is 2.43. The molecule has 2 nitrogen and oxygen atoms in total. The Morgan fingerprint density at radius 2 is 0.645 bits per heavy atom. The first-order valence-electron chi connectivity index (χ1n) is 22.1. The van der Waals surface area contributed by atoms with E-state index in [0.29, 0.717) is 0 Å². The second-order valence-corrected chi connectivity index (χ2v) is 16.3. The number of para-hydroxylation sites is 1. The predicted molar refractivity (Wildman–Crippen MR) is 265 cm³/mol. The van der Waals surface area contributed by atoms with Gasteiger partial charge in [-0.25, -0.2) is 0 Å². The Kier molecular flexibility index (Phi) is 11.3. The van der Waals surface area contributed by atoms with Crippen LogP contribution in [-0.4, -0.2) is 0 Å². The molecule has 0 radical (unpaired) electrons. The molecule has 8 aromatic rings. The minimum Gasteiger partial charge on any atom is -0.311 e. The van der Waals surface area contributed by atoms with Crippen LogP contribution < -0.4 is 9.80 Å². The summed E-state index contributed by atoms with van der Waals surface area (Å²) in [6.45, 7) is 0. The molecule has 0 saturated carbocycles. The van der Waals surface area contributed by atoms with Gasteiger partial charge in [0.05, 0.1) is 0 Å². The highest BCUT2D eigenvalue weighted by atomic mass is 15.1. The molecule has 2 heteroatoms. The quantitative estimate of drug-likeness (QED) is 0.129. The molecule has 0 aliphatic heterocycles. The zero-order valence-electron chi connectivity index (χ0n) is 35.1. The summed E-state index contributed by atoms with van der Waals surface area (Å²) in [4.78, 5) is 4.71. The molecular weight excluding hydrogens is 749 g/mol. The van der Waals surface area contributed by atoms with Crippen molar-refractivity contribution in [2.24, 2.45) is 0 Å². The summed E-state index contributed by atoms with van der Waals surface area (Å²) in [5, 5.41) is 0. The number of hydrogen-bond donors (Lipinski definition) is 0. The number of benzene rings is 8. The average Bonchev–Trinajstić information content (AvgIpc) is 3.36. The molecule has 300 valence electrons. The second-order valence-electron chi connectivity index (χ2n) is 16.3. The molecular formula is C60H50N2. The smallest absolute Gasteiger partial charge is 0.0462 e. The normalized spacial score (nSPS) is 13.5. The van der Waals surface area contributed by atoms with Gasteiger partial charge in [0, 0.05) is 34.1 Å². The van der Waals surface area contributed by atoms with Crippen LogP contribution in [0.4, 0.5) is 34.1 Å². The van der Waals surface area contributed by atoms with Gasteiger partial charge in [0.1, 0.15) is 0 Å². The van der Waals surface area contributed by atoms with E-state index in [9.17, 15) is 0 Å². The van der Waals surface area contributed by atoms with Crippen molar-refractivity contribution in [3.8, 4) is 33.4 Å². The van der Waals surface area contributed by atoms with Gasteiger partial charge >= 0.3 is 0 Å². The van der Waals surface area contributed by atoms with E-state index in [4.69, 9.17) is 0 Å². The molecule has 62 heavy (non-hydrogen) atoms. The van der Waals surface area contributed by atoms with Crippen LogP contribution in [0.5, 0.6) is 0 Å². The van der Waals surface area contributed by atoms with Gasteiger partial charge in [0.15, 0.2) is 0 Å². The monoisotopic (exact) mass is 798 g/mol. The highest BCUT2D eigenvalue weighted by molar-refractivity contribution is 5.84. The minimum absolute atomic E-state index is 1.10. The van der Waals surface area contributed by atoms with Crippen LogP contribution >= 0.6 is 0 Å². The third-order valence-corrected chi connectivity index (χ3v) is 12.3. The van der Waals surface area contributed by atoms with Crippen molar-refractivity contribution in [1.29, 1.82) is 0 Å². The van der Waals surface area contributed by atoms with E-state index in [0.717, 1.165) is 47.0 Å². The van der Waals surface area contributed by atoms with E-state index >= 15 is 0 Å². The lowest BCUT2D eigenvalue weighted by atomic mass is 9.93. The largest absolute Gasteiger partial charge is 0.311 e. The Balaban J connectivity index is 0.915. The first kappa shape index (κ1) is 38.8. The van der Waals surface area contributed by atoms with Crippen molar-refractivity contribution < 1.29 is 0 Å². The van der Waals surface area contributed by atoms with Crippen LogP contribution in [-0.2, 0) is 0 Å². The molecule has 0 unspecified atom stereocenters. The highest BCUT2D eigenvalue weighted by Crippen LogP contribution is 2.40. The maximum absolute atomic E-state index is 2.43. The van der Waals surface area contributed by atoms with Gasteiger partial charge in [-0.3, -0.25) is 0 Å². The van der Waals surface area contributed by atoms with Gasteiger partial charge in [-0.15, -0.1) is 0 Å². The van der Waals surface area contributed by atoms with Gasteiger partial charge in [-0.05, 0) is 167 Å². The number of hydrogen-bond acceptors (Lipinski definition) is 2. The molecule has 2 aliphatic carbocycles. The number of rotatable bonds is 11. The van der Waals surface area contributed by atoms with Crippen LogP contribution in [0, 0.1) is 0 Å². The van der Waals surface area contributed by atoms with Crippen molar-refractivity contribution in [2.45, 2.75) is 38.5 Å². The van der Waals surface area contributed by atoms with Gasteiger partial charge < -0.3 is 9.80 Å². The van der Waals surface area contributed by atoms with Crippen LogP contribution in [0.2, 0.25) is 0 Å². The Morgan fingerprint density at radius 1 is 0.274 bits per heavy atom. The number of anilines is 6. The lowest BCUT2D eigenvalue weighted by Crippen LogP contribution is -2.10. The fourth-order valence-corrected chi connectivity index (χ4v) is 8.92. The Morgan fingerprint density at radius 3 is 1.05 bits per heavy atom. The lowest BCUT2D eigenvalue weighted by molar-refractivity contribution is 0.742. The van der Waals surface area contributed by atoms with Crippen molar-refractivity contribution in [1.82, 2.24) is 0 Å². The molecule has 8 aromatic carbocycles. The molecule has 0 spiro atoms. The summed E-state index contributed by atoms with van der Waals surface area (Å²) < 4.78 is 0. The maximum Gasteiger partial charge on any atom is 0.0462 e. The van der Waals surface area contributed by atoms with Crippen molar-refractivity contribution in [2.75, 3.05) is 9.80 Å². The van der Waals surface area contributed by atoms with Crippen LogP contribution in [0.3, 0.4) is 0 Å². The van der Waals surface area contributed by atoms with E-state index in [1.54, 1.807) is 0 Å². The van der Waals surface area contributed by atoms with E-state index in [1.165, 1.54) is 81.3 Å². The molecule has 0 aromatic heterocycles. The van der Waals surface area contributed by atoms with E-state index < -0.39 is 0 Å². The van der Waals surface area contributed by atoms with Gasteiger partial charge in [-0.2, -0.15) is 0 Å². The van der Waals surface area contributed by atoms with Crippen LogP contribution in [0.25, 0.3) is 44.5 Å². The fourth-order valence-electron chi connectivity index (χ4n) is 8.92. The second kappa shape index (κ2) is 18.1. The Hall–Kier alpha value is -7.42. The van der Waals surface area contributed by atoms with E-state index in [1.807, 2.05) is 0 Å². The molecule has 0 fully saturated rings. The van der Waals surface area contributed by atoms with Crippen molar-refractivity contribution >= 4 is 45.3 Å². The van der Waals surface area contributed by atoms with Gasteiger partial charge in [-0.1, -0.05) is 158 Å². The molecule has 0 atom stereocenters. The Labute approximate surface area is 367 Å². The SMILES string of the molecule is C1=CC(c2ccc(N(c3ccc(C4=CCCCC4)cc3)c3ccc(-c4ccc(N(c5ccccc5)c5ccc(-c6ccc(-c7ccccc7)cc6)cc5)cc4)cc3)cc2)=CCC1. The van der Waals surface area contributed by atoms with Crippen molar-refractivity contribution in [3.63, 3.8) is 0 Å². The number of nitrogens with zero attached hydrogens (tertiary/aromatic N) is 2. The van der Waals surface area contributed by atoms with Gasteiger partial charge in [0.25, 0.3) is 0 Å². The summed E-state index contributed by atoms with van der Waals surface area (Å²) in [5.74, 6) is 0. The first-order chi connectivity index (χ1) is 30.7. The highest BCUT2D eigenvalue weighted by Gasteiger charge is 2.17. The summed E-state index contributed by atoms with van der Waals surface area (Å²) in [6, 6.07) is 75.1. The fraction of sp³-hybridized carbons (Fsp3) is 0.100. The minimum atomic E-state index is 1.10. The average molecular weight is 799 g/mol. The molecule has 10 rings (SSSR count). The third-order valence-electron chi connectivity index (χ3n) is 12.3. The molecule has 2 aliphatic rings. The van der Waals surface area contributed by atoms with E-state index in [-0.39, 0.29) is 0 Å². The summed E-state index contributed by atoms with van der Waals surface area (Å²) in [7, 11) is 0. The van der Waals surface area contributed by atoms with E-state index in [2.05, 4.69) is 240 Å². The van der Waals surface area contributed by atoms with Crippen LogP contribution in [0.1, 0.15) is 49.7 Å². The molecule has 0 saturated heterocycles. The standard InChI is InChI=1S/C60H50N2/c1-5-13-45(14-6-1)48-21-23-49(24-22-48)52-29-39-56(40-30-52)61(55-19-11-4-12-20-55)57-41-31-53(32-42-57)54-33-43-60(44-34-54)62(58-35-25-50(26-36-58)46-15-7-2-8-16-46)59-37-27-51(28-38-59)47-17-9-3-10-18-47/h1,4-7,11-17,19-44H,2-3,8-10,18H2. The van der Waals surface area contributed by atoms with Crippen molar-refractivity contribution in [3.05, 3.63) is 242 Å². The van der Waals surface area contributed by atoms with Gasteiger partial charge in [0.2, 0.25) is 0 Å². The molecule has 0 amide bonds. The summed E-state index contributed by atoms with van der Waals surface area (Å²) in [6.07, 6.45) is 16.4. The Bertz CT molecular complexity index is 2820. The molecule has 0 N–H and O–H groups in total. The lowest BCUT2D eigenvalue weighted by Gasteiger charge is -2.27. The number of allylic oxidation sites excluding steroid dienone is 6. The zero-order chi connectivity index (χ0) is 41.5.